The molecule has 1 amide bonds. The highest BCUT2D eigenvalue weighted by Gasteiger charge is 2.30. The Morgan fingerprint density at radius 1 is 1.24 bits per heavy atom. The topological polar surface area (TPSA) is 77.1 Å². The van der Waals surface area contributed by atoms with Crippen molar-refractivity contribution in [3.8, 4) is 0 Å². The Morgan fingerprint density at radius 2 is 2.12 bits per heavy atom. The minimum atomic E-state index is 0.214. The number of nitrogens with zero attached hydrogens (tertiary/aromatic N) is 5. The van der Waals surface area contributed by atoms with E-state index in [9.17, 15) is 4.79 Å². The predicted molar refractivity (Wildman–Crippen MR) is 91.2 cm³/mol. The SMILES string of the molecule is Cc1noc(C)c1CCC(=O)N1CCCC(c2nnc3n2CCC3)C1. The van der Waals surface area contributed by atoms with Crippen LogP contribution in [-0.2, 0) is 24.2 Å². The highest BCUT2D eigenvalue weighted by Crippen LogP contribution is 2.29. The van der Waals surface area contributed by atoms with Crippen LogP contribution in [0, 0.1) is 13.8 Å². The van der Waals surface area contributed by atoms with Crippen LogP contribution in [0.2, 0.25) is 0 Å². The standard InChI is InChI=1S/C18H25N5O2/c1-12-15(13(2)25-21-12)7-8-17(24)22-9-3-5-14(11-22)18-20-19-16-6-4-10-23(16)18/h14H,3-11H2,1-2H3. The first-order valence-electron chi connectivity index (χ1n) is 9.25. The molecule has 0 spiro atoms. The summed E-state index contributed by atoms with van der Waals surface area (Å²) >= 11 is 0. The summed E-state index contributed by atoms with van der Waals surface area (Å²) in [5.74, 6) is 3.54. The van der Waals surface area contributed by atoms with Gasteiger partial charge in [-0.2, -0.15) is 0 Å². The van der Waals surface area contributed by atoms with E-state index in [0.717, 1.165) is 74.0 Å². The molecule has 7 nitrogen and oxygen atoms in total. The van der Waals surface area contributed by atoms with Crippen molar-refractivity contribution in [1.82, 2.24) is 24.8 Å². The van der Waals surface area contributed by atoms with Crippen LogP contribution in [0.1, 0.15) is 60.3 Å². The summed E-state index contributed by atoms with van der Waals surface area (Å²) in [4.78, 5) is 14.7. The second-order valence-electron chi connectivity index (χ2n) is 7.21. The molecule has 1 unspecified atom stereocenters. The van der Waals surface area contributed by atoms with E-state index in [2.05, 4.69) is 19.9 Å². The smallest absolute Gasteiger partial charge is 0.222 e. The lowest BCUT2D eigenvalue weighted by atomic mass is 9.96. The van der Waals surface area contributed by atoms with Gasteiger partial charge in [-0.15, -0.1) is 10.2 Å². The molecular weight excluding hydrogens is 318 g/mol. The first-order chi connectivity index (χ1) is 12.1. The molecule has 0 aliphatic carbocycles. The van der Waals surface area contributed by atoms with Gasteiger partial charge in [-0.3, -0.25) is 4.79 Å². The van der Waals surface area contributed by atoms with Gasteiger partial charge < -0.3 is 14.0 Å². The minimum Gasteiger partial charge on any atom is -0.361 e. The fourth-order valence-corrected chi connectivity index (χ4v) is 4.14. The number of aryl methyl sites for hydroxylation is 3. The number of hydrogen-bond donors (Lipinski definition) is 0. The van der Waals surface area contributed by atoms with Crippen LogP contribution in [0.25, 0.3) is 0 Å². The van der Waals surface area contributed by atoms with Crippen molar-refractivity contribution in [2.24, 2.45) is 0 Å². The van der Waals surface area contributed by atoms with E-state index in [0.29, 0.717) is 18.8 Å². The van der Waals surface area contributed by atoms with Crippen LogP contribution >= 0.6 is 0 Å². The first kappa shape index (κ1) is 16.3. The van der Waals surface area contributed by atoms with Crippen LogP contribution in [0.4, 0.5) is 0 Å². The molecule has 1 saturated heterocycles. The van der Waals surface area contributed by atoms with E-state index in [1.807, 2.05) is 18.7 Å². The van der Waals surface area contributed by atoms with Crippen molar-refractivity contribution in [2.75, 3.05) is 13.1 Å². The number of hydrogen-bond acceptors (Lipinski definition) is 5. The lowest BCUT2D eigenvalue weighted by Crippen LogP contribution is -2.39. The quantitative estimate of drug-likeness (QED) is 0.850. The van der Waals surface area contributed by atoms with Crippen molar-refractivity contribution in [3.63, 3.8) is 0 Å². The molecule has 2 aliphatic heterocycles. The van der Waals surface area contributed by atoms with Gasteiger partial charge in [0.1, 0.15) is 17.4 Å². The van der Waals surface area contributed by atoms with Gasteiger partial charge >= 0.3 is 0 Å². The number of carbonyl (C=O) groups is 1. The molecule has 134 valence electrons. The van der Waals surface area contributed by atoms with Crippen molar-refractivity contribution >= 4 is 5.91 Å². The Bertz CT molecular complexity index is 759. The van der Waals surface area contributed by atoms with Crippen molar-refractivity contribution in [2.45, 2.75) is 64.8 Å². The summed E-state index contributed by atoms with van der Waals surface area (Å²) in [7, 11) is 0. The lowest BCUT2D eigenvalue weighted by molar-refractivity contribution is -0.132. The van der Waals surface area contributed by atoms with Crippen molar-refractivity contribution in [3.05, 3.63) is 28.7 Å². The van der Waals surface area contributed by atoms with E-state index in [1.165, 1.54) is 0 Å². The third kappa shape index (κ3) is 3.07. The largest absolute Gasteiger partial charge is 0.361 e. The zero-order valence-corrected chi connectivity index (χ0v) is 15.0. The Kier molecular flexibility index (Phi) is 4.31. The normalized spacial score (nSPS) is 20.1. The second kappa shape index (κ2) is 6.61. The molecule has 0 aromatic carbocycles. The highest BCUT2D eigenvalue weighted by molar-refractivity contribution is 5.76. The molecule has 0 saturated carbocycles. The maximum atomic E-state index is 12.7. The van der Waals surface area contributed by atoms with Crippen LogP contribution in [0.3, 0.4) is 0 Å². The Hall–Kier alpha value is -2.18. The molecule has 2 aliphatic rings. The minimum absolute atomic E-state index is 0.214. The molecule has 2 aromatic rings. The number of amides is 1. The van der Waals surface area contributed by atoms with Crippen LogP contribution in [0.5, 0.6) is 0 Å². The molecule has 0 bridgehead atoms. The zero-order valence-electron chi connectivity index (χ0n) is 15.0. The van der Waals surface area contributed by atoms with Crippen LogP contribution in [0.15, 0.2) is 4.52 Å². The number of carbonyl (C=O) groups excluding carboxylic acids is 1. The molecule has 25 heavy (non-hydrogen) atoms. The maximum Gasteiger partial charge on any atom is 0.222 e. The molecule has 0 N–H and O–H groups in total. The van der Waals surface area contributed by atoms with Gasteiger partial charge in [0, 0.05) is 44.0 Å². The predicted octanol–water partition coefficient (Wildman–Crippen LogP) is 2.17. The number of aromatic nitrogens is 4. The van der Waals surface area contributed by atoms with Gasteiger partial charge in [0.25, 0.3) is 0 Å². The Labute approximate surface area is 147 Å². The van der Waals surface area contributed by atoms with Crippen LogP contribution in [-0.4, -0.2) is 43.8 Å². The summed E-state index contributed by atoms with van der Waals surface area (Å²) in [5.41, 5.74) is 1.96. The summed E-state index contributed by atoms with van der Waals surface area (Å²) in [6, 6.07) is 0. The molecule has 1 fully saturated rings. The van der Waals surface area contributed by atoms with Crippen molar-refractivity contribution < 1.29 is 9.32 Å². The van der Waals surface area contributed by atoms with Gasteiger partial charge in [-0.05, 0) is 39.5 Å². The van der Waals surface area contributed by atoms with Crippen LogP contribution < -0.4 is 0 Å². The molecule has 4 rings (SSSR count). The van der Waals surface area contributed by atoms with Gasteiger partial charge in [0.15, 0.2) is 0 Å². The van der Waals surface area contributed by atoms with Gasteiger partial charge in [0.05, 0.1) is 5.69 Å². The summed E-state index contributed by atoms with van der Waals surface area (Å²) < 4.78 is 7.46. The lowest BCUT2D eigenvalue weighted by Gasteiger charge is -2.32. The Balaban J connectivity index is 1.40. The van der Waals surface area contributed by atoms with Gasteiger partial charge in [0.2, 0.25) is 5.91 Å². The van der Waals surface area contributed by atoms with Gasteiger partial charge in [-0.1, -0.05) is 5.16 Å². The number of fused-ring (bicyclic) bond motifs is 1. The van der Waals surface area contributed by atoms with E-state index in [1.54, 1.807) is 0 Å². The molecule has 1 atom stereocenters. The monoisotopic (exact) mass is 343 g/mol. The molecule has 4 heterocycles. The summed E-state index contributed by atoms with van der Waals surface area (Å²) in [6.07, 6.45) is 5.51. The average Bonchev–Trinajstić information content (AvgIpc) is 3.30. The fraction of sp³-hybridized carbons (Fsp3) is 0.667. The second-order valence-corrected chi connectivity index (χ2v) is 7.21. The summed E-state index contributed by atoms with van der Waals surface area (Å²) in [5, 5.41) is 12.7. The third-order valence-electron chi connectivity index (χ3n) is 5.55. The maximum absolute atomic E-state index is 12.7. The van der Waals surface area contributed by atoms with Crippen molar-refractivity contribution in [1.29, 1.82) is 0 Å². The van der Waals surface area contributed by atoms with E-state index < -0.39 is 0 Å². The number of rotatable bonds is 4. The fourth-order valence-electron chi connectivity index (χ4n) is 4.14. The number of piperidine rings is 1. The first-order valence-corrected chi connectivity index (χ1v) is 9.25. The Morgan fingerprint density at radius 3 is 2.92 bits per heavy atom. The summed E-state index contributed by atoms with van der Waals surface area (Å²) in [6.45, 7) is 6.46. The molecule has 2 aromatic heterocycles. The number of likely N-dealkylation sites (tertiary alicyclic amines) is 1. The third-order valence-corrected chi connectivity index (χ3v) is 5.55. The van der Waals surface area contributed by atoms with E-state index in [4.69, 9.17) is 4.52 Å². The van der Waals surface area contributed by atoms with Gasteiger partial charge in [-0.25, -0.2) is 0 Å². The average molecular weight is 343 g/mol. The van der Waals surface area contributed by atoms with E-state index in [-0.39, 0.29) is 5.91 Å². The molecule has 7 heteroatoms. The van der Waals surface area contributed by atoms with E-state index >= 15 is 0 Å². The highest BCUT2D eigenvalue weighted by atomic mass is 16.5. The zero-order chi connectivity index (χ0) is 17.4. The molecule has 0 radical (unpaired) electrons. The molecular formula is C18H25N5O2.